The summed E-state index contributed by atoms with van der Waals surface area (Å²) >= 11 is 0. The average molecular weight is 228 g/mol. The van der Waals surface area contributed by atoms with E-state index in [9.17, 15) is 4.79 Å². The van der Waals surface area contributed by atoms with Gasteiger partial charge >= 0.3 is 5.97 Å². The molecule has 0 aromatic carbocycles. The van der Waals surface area contributed by atoms with Crippen molar-refractivity contribution in [3.63, 3.8) is 0 Å². The van der Waals surface area contributed by atoms with E-state index < -0.39 is 0 Å². The smallest absolute Gasteiger partial charge is 0.322 e. The molecule has 1 atom stereocenters. The zero-order chi connectivity index (χ0) is 12.0. The number of rotatable bonds is 6. The SMILES string of the molecule is COC(=O)C(CCN1CCCC1)NC(C)C. The van der Waals surface area contributed by atoms with Gasteiger partial charge in [0, 0.05) is 12.6 Å². The third kappa shape index (κ3) is 4.49. The maximum Gasteiger partial charge on any atom is 0.322 e. The standard InChI is InChI=1S/C12H24N2O2/c1-10(2)13-11(12(15)16-3)6-9-14-7-4-5-8-14/h10-11,13H,4-9H2,1-3H3. The van der Waals surface area contributed by atoms with Crippen LogP contribution in [0.5, 0.6) is 0 Å². The second kappa shape index (κ2) is 6.86. The Bertz CT molecular complexity index is 213. The van der Waals surface area contributed by atoms with Crippen LogP contribution in [0, 0.1) is 0 Å². The van der Waals surface area contributed by atoms with Crippen LogP contribution in [0.2, 0.25) is 0 Å². The molecule has 0 amide bonds. The topological polar surface area (TPSA) is 41.6 Å². The van der Waals surface area contributed by atoms with Gasteiger partial charge in [-0.25, -0.2) is 0 Å². The predicted molar refractivity (Wildman–Crippen MR) is 64.4 cm³/mol. The van der Waals surface area contributed by atoms with Crippen molar-refractivity contribution >= 4 is 5.97 Å². The molecule has 1 aliphatic heterocycles. The van der Waals surface area contributed by atoms with E-state index in [0.29, 0.717) is 6.04 Å². The van der Waals surface area contributed by atoms with Crippen LogP contribution in [0.4, 0.5) is 0 Å². The number of hydrogen-bond acceptors (Lipinski definition) is 4. The third-order valence-electron chi connectivity index (χ3n) is 2.95. The monoisotopic (exact) mass is 228 g/mol. The fraction of sp³-hybridized carbons (Fsp3) is 0.917. The number of carbonyl (C=O) groups excluding carboxylic acids is 1. The fourth-order valence-corrected chi connectivity index (χ4v) is 2.13. The van der Waals surface area contributed by atoms with Gasteiger partial charge in [0.25, 0.3) is 0 Å². The van der Waals surface area contributed by atoms with Gasteiger partial charge in [-0.15, -0.1) is 0 Å². The van der Waals surface area contributed by atoms with Crippen molar-refractivity contribution in [1.29, 1.82) is 0 Å². The Hall–Kier alpha value is -0.610. The second-order valence-corrected chi connectivity index (χ2v) is 4.73. The Kier molecular flexibility index (Phi) is 5.77. The second-order valence-electron chi connectivity index (χ2n) is 4.73. The van der Waals surface area contributed by atoms with Crippen LogP contribution in [0.15, 0.2) is 0 Å². The predicted octanol–water partition coefficient (Wildman–Crippen LogP) is 1.01. The average Bonchev–Trinajstić information content (AvgIpc) is 2.75. The summed E-state index contributed by atoms with van der Waals surface area (Å²) in [4.78, 5) is 14.0. The van der Waals surface area contributed by atoms with Gasteiger partial charge in [0.05, 0.1) is 7.11 Å². The highest BCUT2D eigenvalue weighted by Gasteiger charge is 2.21. The summed E-state index contributed by atoms with van der Waals surface area (Å²) in [7, 11) is 1.45. The summed E-state index contributed by atoms with van der Waals surface area (Å²) in [5.41, 5.74) is 0. The van der Waals surface area contributed by atoms with Crippen molar-refractivity contribution in [3.05, 3.63) is 0 Å². The first-order valence-corrected chi connectivity index (χ1v) is 6.19. The Balaban J connectivity index is 2.33. The van der Waals surface area contributed by atoms with E-state index >= 15 is 0 Å². The van der Waals surface area contributed by atoms with Crippen molar-refractivity contribution in [2.75, 3.05) is 26.7 Å². The number of ether oxygens (including phenoxy) is 1. The first-order valence-electron chi connectivity index (χ1n) is 6.19. The van der Waals surface area contributed by atoms with Crippen LogP contribution in [-0.2, 0) is 9.53 Å². The largest absolute Gasteiger partial charge is 0.468 e. The first-order chi connectivity index (χ1) is 7.63. The number of likely N-dealkylation sites (tertiary alicyclic amines) is 1. The van der Waals surface area contributed by atoms with Gasteiger partial charge in [-0.2, -0.15) is 0 Å². The molecule has 0 aromatic rings. The quantitative estimate of drug-likeness (QED) is 0.689. The molecule has 4 heteroatoms. The highest BCUT2D eigenvalue weighted by molar-refractivity contribution is 5.75. The number of methoxy groups -OCH3 is 1. The van der Waals surface area contributed by atoms with E-state index in [-0.39, 0.29) is 12.0 Å². The van der Waals surface area contributed by atoms with Crippen LogP contribution in [0.1, 0.15) is 33.1 Å². The molecule has 1 N–H and O–H groups in total. The van der Waals surface area contributed by atoms with Crippen LogP contribution < -0.4 is 5.32 Å². The Morgan fingerprint density at radius 1 is 1.38 bits per heavy atom. The maximum atomic E-state index is 11.5. The van der Waals surface area contributed by atoms with Crippen LogP contribution >= 0.6 is 0 Å². The van der Waals surface area contributed by atoms with E-state index in [0.717, 1.165) is 13.0 Å². The van der Waals surface area contributed by atoms with Crippen molar-refractivity contribution < 1.29 is 9.53 Å². The van der Waals surface area contributed by atoms with Crippen molar-refractivity contribution in [1.82, 2.24) is 10.2 Å². The number of carbonyl (C=O) groups is 1. The molecule has 0 radical (unpaired) electrons. The fourth-order valence-electron chi connectivity index (χ4n) is 2.13. The lowest BCUT2D eigenvalue weighted by Crippen LogP contribution is -2.43. The van der Waals surface area contributed by atoms with Crippen LogP contribution in [0.25, 0.3) is 0 Å². The zero-order valence-electron chi connectivity index (χ0n) is 10.7. The molecule has 16 heavy (non-hydrogen) atoms. The highest BCUT2D eigenvalue weighted by atomic mass is 16.5. The summed E-state index contributed by atoms with van der Waals surface area (Å²) in [5.74, 6) is -0.145. The lowest BCUT2D eigenvalue weighted by atomic mass is 10.1. The summed E-state index contributed by atoms with van der Waals surface area (Å²) in [6, 6.07) is 0.147. The lowest BCUT2D eigenvalue weighted by molar-refractivity contribution is -0.143. The molecule has 0 aromatic heterocycles. The Labute approximate surface area is 98.3 Å². The minimum absolute atomic E-state index is 0.145. The van der Waals surface area contributed by atoms with Crippen molar-refractivity contribution in [3.8, 4) is 0 Å². The Morgan fingerprint density at radius 2 is 2.00 bits per heavy atom. The Morgan fingerprint density at radius 3 is 2.50 bits per heavy atom. The van der Waals surface area contributed by atoms with Gasteiger partial charge in [-0.05, 0) is 32.4 Å². The third-order valence-corrected chi connectivity index (χ3v) is 2.95. The normalized spacial score (nSPS) is 19.0. The summed E-state index contributed by atoms with van der Waals surface area (Å²) in [6.07, 6.45) is 3.42. The number of nitrogens with one attached hydrogen (secondary N) is 1. The van der Waals surface area contributed by atoms with E-state index in [4.69, 9.17) is 4.74 Å². The summed E-state index contributed by atoms with van der Waals surface area (Å²) < 4.78 is 4.81. The minimum atomic E-state index is -0.161. The molecular weight excluding hydrogens is 204 g/mol. The summed E-state index contributed by atoms with van der Waals surface area (Å²) in [6.45, 7) is 7.43. The molecule has 4 nitrogen and oxygen atoms in total. The first kappa shape index (κ1) is 13.5. The van der Waals surface area contributed by atoms with Crippen LogP contribution in [-0.4, -0.2) is 49.7 Å². The molecule has 0 aliphatic carbocycles. The molecule has 0 bridgehead atoms. The minimum Gasteiger partial charge on any atom is -0.468 e. The van der Waals surface area contributed by atoms with Gasteiger partial charge in [-0.3, -0.25) is 4.79 Å². The zero-order valence-corrected chi connectivity index (χ0v) is 10.7. The van der Waals surface area contributed by atoms with Gasteiger partial charge in [-0.1, -0.05) is 13.8 Å². The van der Waals surface area contributed by atoms with Crippen molar-refractivity contribution in [2.45, 2.75) is 45.2 Å². The lowest BCUT2D eigenvalue weighted by Gasteiger charge is -2.22. The molecule has 1 heterocycles. The molecule has 94 valence electrons. The summed E-state index contributed by atoms with van der Waals surface area (Å²) in [5, 5.41) is 3.25. The molecule has 0 spiro atoms. The van der Waals surface area contributed by atoms with Gasteiger partial charge < -0.3 is 15.0 Å². The van der Waals surface area contributed by atoms with Gasteiger partial charge in [0.2, 0.25) is 0 Å². The molecule has 1 saturated heterocycles. The van der Waals surface area contributed by atoms with Crippen molar-refractivity contribution in [2.24, 2.45) is 0 Å². The van der Waals surface area contributed by atoms with E-state index in [1.807, 2.05) is 13.8 Å². The van der Waals surface area contributed by atoms with Gasteiger partial charge in [0.1, 0.15) is 6.04 Å². The molecule has 1 unspecified atom stereocenters. The molecule has 0 saturated carbocycles. The molecule has 1 aliphatic rings. The number of esters is 1. The number of nitrogens with zero attached hydrogens (tertiary/aromatic N) is 1. The van der Waals surface area contributed by atoms with Gasteiger partial charge in [0.15, 0.2) is 0 Å². The molecule has 1 rings (SSSR count). The highest BCUT2D eigenvalue weighted by Crippen LogP contribution is 2.09. The van der Waals surface area contributed by atoms with E-state index in [1.165, 1.54) is 33.0 Å². The maximum absolute atomic E-state index is 11.5. The molecule has 1 fully saturated rings. The molecular formula is C12H24N2O2. The van der Waals surface area contributed by atoms with Crippen LogP contribution in [0.3, 0.4) is 0 Å². The van der Waals surface area contributed by atoms with E-state index in [2.05, 4.69) is 10.2 Å². The van der Waals surface area contributed by atoms with E-state index in [1.54, 1.807) is 0 Å². The number of hydrogen-bond donors (Lipinski definition) is 1.